The van der Waals surface area contributed by atoms with Crippen LogP contribution in [0.4, 0.5) is 0 Å². The van der Waals surface area contributed by atoms with Gasteiger partial charge in [0.15, 0.2) is 0 Å². The van der Waals surface area contributed by atoms with E-state index in [1.807, 2.05) is 19.2 Å². The summed E-state index contributed by atoms with van der Waals surface area (Å²) in [5.41, 5.74) is 2.26. The van der Waals surface area contributed by atoms with Gasteiger partial charge in [0.05, 0.1) is 18.8 Å². The maximum Gasteiger partial charge on any atom is 0.134 e. The number of nitrogens with one attached hydrogen (secondary N) is 1. The fraction of sp³-hybridized carbons (Fsp3) is 0.529. The van der Waals surface area contributed by atoms with Gasteiger partial charge in [-0.05, 0) is 27.0 Å². The zero-order valence-corrected chi connectivity index (χ0v) is 13.1. The maximum absolute atomic E-state index is 6.10. The Balaban J connectivity index is 1.87. The van der Waals surface area contributed by atoms with Gasteiger partial charge in [-0.1, -0.05) is 18.2 Å². The summed E-state index contributed by atoms with van der Waals surface area (Å²) in [5, 5.41) is 4.47. The van der Waals surface area contributed by atoms with E-state index in [1.165, 1.54) is 10.9 Å². The van der Waals surface area contributed by atoms with E-state index in [-0.39, 0.29) is 12.2 Å². The predicted octanol–water partition coefficient (Wildman–Crippen LogP) is 2.76. The molecule has 2 heterocycles. The average Bonchev–Trinajstić information content (AvgIpc) is 2.76. The van der Waals surface area contributed by atoms with E-state index < -0.39 is 0 Å². The van der Waals surface area contributed by atoms with Crippen LogP contribution in [-0.4, -0.2) is 37.2 Å². The highest BCUT2D eigenvalue weighted by atomic mass is 16.5. The van der Waals surface area contributed by atoms with Gasteiger partial charge in [-0.2, -0.15) is 0 Å². The highest BCUT2D eigenvalue weighted by molar-refractivity contribution is 5.82. The van der Waals surface area contributed by atoms with E-state index in [0.29, 0.717) is 0 Å². The zero-order valence-electron chi connectivity index (χ0n) is 13.1. The lowest BCUT2D eigenvalue weighted by Crippen LogP contribution is -2.44. The quantitative estimate of drug-likeness (QED) is 0.939. The molecule has 0 unspecified atom stereocenters. The van der Waals surface area contributed by atoms with Crippen LogP contribution in [-0.2, 0) is 17.8 Å². The molecule has 4 heteroatoms. The van der Waals surface area contributed by atoms with Crippen LogP contribution in [0.15, 0.2) is 28.7 Å². The van der Waals surface area contributed by atoms with Gasteiger partial charge in [-0.25, -0.2) is 0 Å². The summed E-state index contributed by atoms with van der Waals surface area (Å²) < 4.78 is 11.9. The minimum Gasteiger partial charge on any atom is -0.459 e. The van der Waals surface area contributed by atoms with Crippen molar-refractivity contribution in [3.8, 4) is 0 Å². The molecule has 1 aliphatic rings. The van der Waals surface area contributed by atoms with Crippen LogP contribution < -0.4 is 5.32 Å². The molecule has 21 heavy (non-hydrogen) atoms. The Kier molecular flexibility index (Phi) is 4.29. The van der Waals surface area contributed by atoms with Crippen molar-refractivity contribution in [1.29, 1.82) is 0 Å². The molecular formula is C17H24N2O2. The molecular weight excluding hydrogens is 264 g/mol. The van der Waals surface area contributed by atoms with E-state index in [0.717, 1.165) is 37.5 Å². The average molecular weight is 288 g/mol. The lowest BCUT2D eigenvalue weighted by molar-refractivity contribution is -0.0718. The summed E-state index contributed by atoms with van der Waals surface area (Å²) in [4.78, 5) is 2.43. The van der Waals surface area contributed by atoms with E-state index in [9.17, 15) is 0 Å². The molecule has 3 rings (SSSR count). The number of hydrogen-bond acceptors (Lipinski definition) is 4. The van der Waals surface area contributed by atoms with Crippen molar-refractivity contribution >= 4 is 11.0 Å². The van der Waals surface area contributed by atoms with Gasteiger partial charge in [0.25, 0.3) is 0 Å². The highest BCUT2D eigenvalue weighted by Gasteiger charge is 2.24. The van der Waals surface area contributed by atoms with Crippen LogP contribution in [0.1, 0.15) is 25.2 Å². The van der Waals surface area contributed by atoms with Crippen molar-refractivity contribution in [3.63, 3.8) is 0 Å². The largest absolute Gasteiger partial charge is 0.459 e. The van der Waals surface area contributed by atoms with Gasteiger partial charge in [-0.3, -0.25) is 4.90 Å². The standard InChI is InChI=1S/C17H24N2O2/c1-12-9-19(10-13(2)20-12)11-17-15(8-18-3)14-6-4-5-7-16(14)21-17/h4-7,12-13,18H,8-11H2,1-3H3/t12-,13+. The van der Waals surface area contributed by atoms with E-state index in [1.54, 1.807) is 0 Å². The first-order valence-corrected chi connectivity index (χ1v) is 7.69. The van der Waals surface area contributed by atoms with Gasteiger partial charge in [0.2, 0.25) is 0 Å². The summed E-state index contributed by atoms with van der Waals surface area (Å²) in [5.74, 6) is 1.08. The molecule has 0 amide bonds. The van der Waals surface area contributed by atoms with Gasteiger partial charge in [0, 0.05) is 30.6 Å². The van der Waals surface area contributed by atoms with Crippen LogP contribution in [0.5, 0.6) is 0 Å². The number of fused-ring (bicyclic) bond motifs is 1. The Labute approximate surface area is 126 Å². The van der Waals surface area contributed by atoms with Crippen LogP contribution in [0.2, 0.25) is 0 Å². The molecule has 1 fully saturated rings. The molecule has 2 atom stereocenters. The molecule has 1 N–H and O–H groups in total. The summed E-state index contributed by atoms with van der Waals surface area (Å²) in [6.07, 6.45) is 0.566. The lowest BCUT2D eigenvalue weighted by atomic mass is 10.1. The Bertz CT molecular complexity index is 598. The predicted molar refractivity (Wildman–Crippen MR) is 84.3 cm³/mol. The fourth-order valence-corrected chi connectivity index (χ4v) is 3.26. The molecule has 0 spiro atoms. The normalized spacial score (nSPS) is 23.8. The van der Waals surface area contributed by atoms with Crippen LogP contribution in [0.3, 0.4) is 0 Å². The smallest absolute Gasteiger partial charge is 0.134 e. The summed E-state index contributed by atoms with van der Waals surface area (Å²) >= 11 is 0. The van der Waals surface area contributed by atoms with Gasteiger partial charge in [0.1, 0.15) is 11.3 Å². The molecule has 1 aliphatic heterocycles. The Morgan fingerprint density at radius 2 is 1.90 bits per heavy atom. The third kappa shape index (κ3) is 3.12. The molecule has 0 saturated carbocycles. The number of nitrogens with zero attached hydrogens (tertiary/aromatic N) is 1. The molecule has 1 saturated heterocycles. The van der Waals surface area contributed by atoms with E-state index >= 15 is 0 Å². The summed E-state index contributed by atoms with van der Waals surface area (Å²) in [6.45, 7) is 7.87. The van der Waals surface area contributed by atoms with Crippen molar-refractivity contribution in [2.45, 2.75) is 39.1 Å². The minimum atomic E-state index is 0.283. The van der Waals surface area contributed by atoms with E-state index in [4.69, 9.17) is 9.15 Å². The van der Waals surface area contributed by atoms with Gasteiger partial charge in [-0.15, -0.1) is 0 Å². The monoisotopic (exact) mass is 288 g/mol. The number of rotatable bonds is 4. The van der Waals surface area contributed by atoms with Gasteiger partial charge >= 0.3 is 0 Å². The third-order valence-corrected chi connectivity index (χ3v) is 4.00. The zero-order chi connectivity index (χ0) is 14.8. The molecule has 0 bridgehead atoms. The second-order valence-corrected chi connectivity index (χ2v) is 5.98. The number of hydrogen-bond donors (Lipinski definition) is 1. The molecule has 1 aromatic heterocycles. The first kappa shape index (κ1) is 14.6. The van der Waals surface area contributed by atoms with Crippen molar-refractivity contribution < 1.29 is 9.15 Å². The second kappa shape index (κ2) is 6.18. The van der Waals surface area contributed by atoms with Crippen LogP contribution >= 0.6 is 0 Å². The topological polar surface area (TPSA) is 37.6 Å². The summed E-state index contributed by atoms with van der Waals surface area (Å²) in [7, 11) is 1.98. The maximum atomic E-state index is 6.10. The Morgan fingerprint density at radius 3 is 2.62 bits per heavy atom. The Morgan fingerprint density at radius 1 is 1.19 bits per heavy atom. The molecule has 2 aromatic rings. The number of ether oxygens (including phenoxy) is 1. The number of furan rings is 1. The van der Waals surface area contributed by atoms with Crippen molar-refractivity contribution in [1.82, 2.24) is 10.2 Å². The summed E-state index contributed by atoms with van der Waals surface area (Å²) in [6, 6.07) is 8.28. The van der Waals surface area contributed by atoms with Crippen molar-refractivity contribution in [2.75, 3.05) is 20.1 Å². The fourth-order valence-electron chi connectivity index (χ4n) is 3.26. The molecule has 0 radical (unpaired) electrons. The van der Waals surface area contributed by atoms with Crippen molar-refractivity contribution in [2.24, 2.45) is 0 Å². The molecule has 114 valence electrons. The lowest BCUT2D eigenvalue weighted by Gasteiger charge is -2.34. The molecule has 1 aromatic carbocycles. The molecule has 4 nitrogen and oxygen atoms in total. The third-order valence-electron chi connectivity index (χ3n) is 4.00. The second-order valence-electron chi connectivity index (χ2n) is 5.98. The molecule has 0 aliphatic carbocycles. The number of para-hydroxylation sites is 1. The van der Waals surface area contributed by atoms with Gasteiger partial charge < -0.3 is 14.5 Å². The Hall–Kier alpha value is -1.36. The first-order valence-electron chi connectivity index (χ1n) is 7.69. The number of benzene rings is 1. The van der Waals surface area contributed by atoms with Crippen molar-refractivity contribution in [3.05, 3.63) is 35.6 Å². The first-order chi connectivity index (χ1) is 10.2. The SMILES string of the molecule is CNCc1c(CN2C[C@@H](C)O[C@@H](C)C2)oc2ccccc12. The van der Waals surface area contributed by atoms with Crippen LogP contribution in [0.25, 0.3) is 11.0 Å². The minimum absolute atomic E-state index is 0.283. The number of morpholine rings is 1. The highest BCUT2D eigenvalue weighted by Crippen LogP contribution is 2.27. The van der Waals surface area contributed by atoms with E-state index in [2.05, 4.69) is 36.2 Å². The van der Waals surface area contributed by atoms with Crippen LogP contribution in [0, 0.1) is 0 Å².